The van der Waals surface area contributed by atoms with Gasteiger partial charge in [0.15, 0.2) is 0 Å². The number of hydrogen-bond acceptors (Lipinski definition) is 3. The summed E-state index contributed by atoms with van der Waals surface area (Å²) in [4.78, 5) is 1.18. The summed E-state index contributed by atoms with van der Waals surface area (Å²) in [7, 11) is -1.95. The zero-order valence-electron chi connectivity index (χ0n) is 10.0. The fraction of sp³-hybridized carbons (Fsp3) is 0.167. The molecule has 0 fully saturated rings. The largest absolute Gasteiger partial charge is 0.243 e. The summed E-state index contributed by atoms with van der Waals surface area (Å²) in [5.74, 6) is 0. The number of rotatable bonds is 4. The van der Waals surface area contributed by atoms with Crippen molar-refractivity contribution >= 4 is 48.9 Å². The van der Waals surface area contributed by atoms with E-state index in [1.165, 1.54) is 21.7 Å². The van der Waals surface area contributed by atoms with E-state index in [-0.39, 0.29) is 4.90 Å². The molecular formula is C12H11BrClNO2S2. The Kier molecular flexibility index (Phi) is 4.68. The van der Waals surface area contributed by atoms with Gasteiger partial charge in [-0.2, -0.15) is 4.31 Å². The van der Waals surface area contributed by atoms with Crippen LogP contribution in [0.2, 0.25) is 5.02 Å². The van der Waals surface area contributed by atoms with Gasteiger partial charge in [0, 0.05) is 33.3 Å². The first kappa shape index (κ1) is 15.0. The second-order valence-electron chi connectivity index (χ2n) is 3.95. The maximum Gasteiger partial charge on any atom is 0.243 e. The SMILES string of the molecule is CN(Cc1cc(Br)cs1)S(=O)(=O)c1cccc(Cl)c1. The Morgan fingerprint density at radius 2 is 2.11 bits per heavy atom. The molecular weight excluding hydrogens is 370 g/mol. The van der Waals surface area contributed by atoms with Crippen molar-refractivity contribution in [3.63, 3.8) is 0 Å². The van der Waals surface area contributed by atoms with Crippen LogP contribution in [0.4, 0.5) is 0 Å². The maximum atomic E-state index is 12.4. The zero-order chi connectivity index (χ0) is 14.0. The molecule has 0 aliphatic rings. The zero-order valence-corrected chi connectivity index (χ0v) is 14.0. The molecule has 102 valence electrons. The van der Waals surface area contributed by atoms with E-state index in [4.69, 9.17) is 11.6 Å². The van der Waals surface area contributed by atoms with Crippen molar-refractivity contribution in [2.24, 2.45) is 0 Å². The average Bonchev–Trinajstić information content (AvgIpc) is 2.74. The topological polar surface area (TPSA) is 37.4 Å². The molecule has 0 amide bonds. The highest BCUT2D eigenvalue weighted by Gasteiger charge is 2.21. The van der Waals surface area contributed by atoms with Gasteiger partial charge in [0.1, 0.15) is 0 Å². The highest BCUT2D eigenvalue weighted by atomic mass is 79.9. The van der Waals surface area contributed by atoms with Crippen molar-refractivity contribution in [1.82, 2.24) is 4.31 Å². The standard InChI is InChI=1S/C12H11BrClNO2S2/c1-15(7-11-5-9(13)8-18-11)19(16,17)12-4-2-3-10(14)6-12/h2-6,8H,7H2,1H3. The van der Waals surface area contributed by atoms with Gasteiger partial charge in [-0.05, 0) is 40.2 Å². The van der Waals surface area contributed by atoms with Crippen LogP contribution in [0.25, 0.3) is 0 Å². The van der Waals surface area contributed by atoms with Crippen molar-refractivity contribution in [3.05, 3.63) is 50.1 Å². The van der Waals surface area contributed by atoms with Gasteiger partial charge in [-0.15, -0.1) is 11.3 Å². The molecule has 7 heteroatoms. The monoisotopic (exact) mass is 379 g/mol. The van der Waals surface area contributed by atoms with Gasteiger partial charge in [0.05, 0.1) is 4.90 Å². The van der Waals surface area contributed by atoms with Crippen LogP contribution >= 0.6 is 38.9 Å². The van der Waals surface area contributed by atoms with E-state index in [1.54, 1.807) is 25.2 Å². The molecule has 1 heterocycles. The lowest BCUT2D eigenvalue weighted by atomic mass is 10.4. The predicted molar refractivity (Wildman–Crippen MR) is 82.1 cm³/mol. The predicted octanol–water partition coefficient (Wildman–Crippen LogP) is 3.98. The molecule has 3 nitrogen and oxygen atoms in total. The second kappa shape index (κ2) is 5.93. The first-order chi connectivity index (χ1) is 8.89. The van der Waals surface area contributed by atoms with E-state index >= 15 is 0 Å². The van der Waals surface area contributed by atoms with Gasteiger partial charge >= 0.3 is 0 Å². The number of thiophene rings is 1. The third kappa shape index (κ3) is 3.58. The molecule has 19 heavy (non-hydrogen) atoms. The van der Waals surface area contributed by atoms with Gasteiger partial charge in [0.25, 0.3) is 0 Å². The Morgan fingerprint density at radius 3 is 2.68 bits per heavy atom. The Balaban J connectivity index is 2.24. The van der Waals surface area contributed by atoms with Crippen LogP contribution in [-0.4, -0.2) is 19.8 Å². The Hall–Kier alpha value is -0.400. The quantitative estimate of drug-likeness (QED) is 0.804. The smallest absolute Gasteiger partial charge is 0.207 e. The number of hydrogen-bond donors (Lipinski definition) is 0. The van der Waals surface area contributed by atoms with Gasteiger partial charge in [0.2, 0.25) is 10.0 Å². The minimum Gasteiger partial charge on any atom is -0.207 e. The molecule has 0 saturated carbocycles. The molecule has 0 N–H and O–H groups in total. The van der Waals surface area contributed by atoms with E-state index in [2.05, 4.69) is 15.9 Å². The molecule has 0 radical (unpaired) electrons. The summed E-state index contributed by atoms with van der Waals surface area (Å²) >= 11 is 10.7. The van der Waals surface area contributed by atoms with Gasteiger partial charge < -0.3 is 0 Å². The third-order valence-corrected chi connectivity index (χ3v) is 6.22. The molecule has 1 aromatic heterocycles. The Bertz CT molecular complexity index is 685. The van der Waals surface area contributed by atoms with E-state index in [9.17, 15) is 8.42 Å². The average molecular weight is 381 g/mol. The molecule has 1 aromatic carbocycles. The fourth-order valence-electron chi connectivity index (χ4n) is 1.55. The minimum atomic E-state index is -3.51. The molecule has 0 unspecified atom stereocenters. The fourth-order valence-corrected chi connectivity index (χ4v) is 4.58. The van der Waals surface area contributed by atoms with Crippen LogP contribution in [0.5, 0.6) is 0 Å². The molecule has 0 saturated heterocycles. The molecule has 0 aliphatic heterocycles. The Morgan fingerprint density at radius 1 is 1.37 bits per heavy atom. The highest BCUT2D eigenvalue weighted by molar-refractivity contribution is 9.10. The lowest BCUT2D eigenvalue weighted by molar-refractivity contribution is 0.469. The summed E-state index contributed by atoms with van der Waals surface area (Å²) in [6.07, 6.45) is 0. The number of halogens is 2. The second-order valence-corrected chi connectivity index (χ2v) is 8.34. The van der Waals surface area contributed by atoms with E-state index in [0.29, 0.717) is 11.6 Å². The third-order valence-electron chi connectivity index (χ3n) is 2.50. The summed E-state index contributed by atoms with van der Waals surface area (Å²) in [5, 5.41) is 2.34. The van der Waals surface area contributed by atoms with E-state index in [1.807, 2.05) is 11.4 Å². The van der Waals surface area contributed by atoms with Crippen molar-refractivity contribution in [1.29, 1.82) is 0 Å². The first-order valence-electron chi connectivity index (χ1n) is 5.34. The van der Waals surface area contributed by atoms with Gasteiger partial charge in [-0.3, -0.25) is 0 Å². The molecule has 2 aromatic rings. The lowest BCUT2D eigenvalue weighted by Crippen LogP contribution is -2.26. The number of nitrogens with zero attached hydrogens (tertiary/aromatic N) is 1. The first-order valence-corrected chi connectivity index (χ1v) is 8.83. The summed E-state index contributed by atoms with van der Waals surface area (Å²) in [5.41, 5.74) is 0. The van der Waals surface area contributed by atoms with E-state index < -0.39 is 10.0 Å². The van der Waals surface area contributed by atoms with Crippen LogP contribution in [0.1, 0.15) is 4.88 Å². The molecule has 0 aliphatic carbocycles. The van der Waals surface area contributed by atoms with Crippen LogP contribution in [0.15, 0.2) is 45.1 Å². The van der Waals surface area contributed by atoms with Gasteiger partial charge in [-0.25, -0.2) is 8.42 Å². The summed E-state index contributed by atoms with van der Waals surface area (Å²) < 4.78 is 27.0. The maximum absolute atomic E-state index is 12.4. The highest BCUT2D eigenvalue weighted by Crippen LogP contribution is 2.24. The van der Waals surface area contributed by atoms with Crippen molar-refractivity contribution < 1.29 is 8.42 Å². The van der Waals surface area contributed by atoms with Crippen LogP contribution < -0.4 is 0 Å². The molecule has 2 rings (SSSR count). The molecule has 0 spiro atoms. The molecule has 0 bridgehead atoms. The van der Waals surface area contributed by atoms with Crippen LogP contribution in [-0.2, 0) is 16.6 Å². The molecule has 0 atom stereocenters. The Labute approximate surface area is 130 Å². The normalized spacial score (nSPS) is 12.0. The minimum absolute atomic E-state index is 0.207. The summed E-state index contributed by atoms with van der Waals surface area (Å²) in [6.45, 7) is 0.338. The van der Waals surface area contributed by atoms with Crippen LogP contribution in [0.3, 0.4) is 0 Å². The van der Waals surface area contributed by atoms with Crippen molar-refractivity contribution in [3.8, 4) is 0 Å². The lowest BCUT2D eigenvalue weighted by Gasteiger charge is -2.16. The van der Waals surface area contributed by atoms with Crippen molar-refractivity contribution in [2.45, 2.75) is 11.4 Å². The van der Waals surface area contributed by atoms with Gasteiger partial charge in [-0.1, -0.05) is 17.7 Å². The number of sulfonamides is 1. The van der Waals surface area contributed by atoms with Crippen LogP contribution in [0, 0.1) is 0 Å². The van der Waals surface area contributed by atoms with E-state index in [0.717, 1.165) is 9.35 Å². The number of benzene rings is 1. The van der Waals surface area contributed by atoms with Crippen molar-refractivity contribution in [2.75, 3.05) is 7.05 Å². The summed E-state index contributed by atoms with van der Waals surface area (Å²) in [6, 6.07) is 8.19.